The Morgan fingerprint density at radius 3 is 1.04 bits per heavy atom. The molecule has 0 atom stereocenters. The number of ether oxygens (including phenoxy) is 8. The lowest BCUT2D eigenvalue weighted by atomic mass is 9.79. The SMILES string of the molecule is COc1c2cc(C(C)(C)C)cc1Cc1cc(C(C)(C)C)cc3c1OCCOCCOc1cc(C)c(cc1-c1ccc(C)s1)OCCOCCOc1c(cc(C(C)(C)C)cc1Cc1cc(C(C)(C)C)cc(c1OC)C3)C2. The molecule has 6 aromatic rings. The number of aryl methyl sites for hydroxylation is 2. The van der Waals surface area contributed by atoms with E-state index >= 15 is 0 Å². The average molecular weight is 1040 g/mol. The van der Waals surface area contributed by atoms with Crippen LogP contribution in [0.25, 0.3) is 10.4 Å². The summed E-state index contributed by atoms with van der Waals surface area (Å²) in [6.07, 6.45) is 2.36. The van der Waals surface area contributed by atoms with Crippen molar-refractivity contribution in [1.29, 1.82) is 0 Å². The first-order chi connectivity index (χ1) is 35.4. The number of rotatable bonds is 3. The molecule has 1 aromatic heterocycles. The number of methoxy groups -OCH3 is 2. The summed E-state index contributed by atoms with van der Waals surface area (Å²) in [4.78, 5) is 2.35. The van der Waals surface area contributed by atoms with E-state index in [2.05, 4.69) is 170 Å². The van der Waals surface area contributed by atoms with Gasteiger partial charge in [0.2, 0.25) is 0 Å². The Hall–Kier alpha value is -5.48. The van der Waals surface area contributed by atoms with Crippen molar-refractivity contribution < 1.29 is 37.9 Å². The second-order valence-corrected chi connectivity index (χ2v) is 26.0. The van der Waals surface area contributed by atoms with Crippen molar-refractivity contribution in [2.45, 2.75) is 144 Å². The number of hydrogen-bond acceptors (Lipinski definition) is 9. The van der Waals surface area contributed by atoms with Crippen LogP contribution >= 0.6 is 11.3 Å². The maximum absolute atomic E-state index is 7.11. The molecule has 0 saturated heterocycles. The highest BCUT2D eigenvalue weighted by Crippen LogP contribution is 2.45. The first-order valence-electron chi connectivity index (χ1n) is 27.0. The molecule has 9 heteroatoms. The maximum Gasteiger partial charge on any atom is 0.128 e. The van der Waals surface area contributed by atoms with Crippen molar-refractivity contribution in [3.05, 3.63) is 150 Å². The minimum Gasteiger partial charge on any atom is -0.496 e. The van der Waals surface area contributed by atoms with Gasteiger partial charge in [-0.15, -0.1) is 11.3 Å². The van der Waals surface area contributed by atoms with Gasteiger partial charge in [-0.2, -0.15) is 0 Å². The van der Waals surface area contributed by atoms with E-state index in [4.69, 9.17) is 37.9 Å². The molecule has 0 unspecified atom stereocenters. The molecule has 0 N–H and O–H groups in total. The molecular formula is C66H84O8S. The molecule has 0 amide bonds. The highest BCUT2D eigenvalue weighted by molar-refractivity contribution is 7.15. The molecule has 12 bridgehead atoms. The van der Waals surface area contributed by atoms with Crippen LogP contribution in [0.15, 0.2) is 72.8 Å². The molecule has 8 nitrogen and oxygen atoms in total. The van der Waals surface area contributed by atoms with Crippen LogP contribution in [0.1, 0.15) is 160 Å². The van der Waals surface area contributed by atoms with Gasteiger partial charge in [-0.25, -0.2) is 0 Å². The van der Waals surface area contributed by atoms with Gasteiger partial charge in [-0.1, -0.05) is 132 Å². The summed E-state index contributed by atoms with van der Waals surface area (Å²) in [5.41, 5.74) is 15.2. The first kappa shape index (κ1) is 55.7. The van der Waals surface area contributed by atoms with Crippen molar-refractivity contribution in [2.75, 3.05) is 67.1 Å². The molecule has 402 valence electrons. The fraction of sp³-hybridized carbons (Fsp3) is 0.485. The second-order valence-electron chi connectivity index (χ2n) is 24.8. The minimum absolute atomic E-state index is 0.149. The summed E-state index contributed by atoms with van der Waals surface area (Å²) >= 11 is 1.74. The molecule has 4 aliphatic heterocycles. The summed E-state index contributed by atoms with van der Waals surface area (Å²) in [5, 5.41) is 0. The number of hydrogen-bond donors (Lipinski definition) is 0. The van der Waals surface area contributed by atoms with Crippen LogP contribution in [0.5, 0.6) is 34.5 Å². The number of benzene rings is 5. The molecule has 5 aromatic carbocycles. The Morgan fingerprint density at radius 1 is 0.387 bits per heavy atom. The fourth-order valence-corrected chi connectivity index (χ4v) is 11.1. The molecule has 5 heterocycles. The lowest BCUT2D eigenvalue weighted by Crippen LogP contribution is -2.18. The molecule has 75 heavy (non-hydrogen) atoms. The quantitative estimate of drug-likeness (QED) is 0.173. The molecular weight excluding hydrogens is 953 g/mol. The van der Waals surface area contributed by atoms with Crippen molar-refractivity contribution in [1.82, 2.24) is 0 Å². The third kappa shape index (κ3) is 13.2. The normalized spacial score (nSPS) is 15.4. The predicted octanol–water partition coefficient (Wildman–Crippen LogP) is 15.2. The van der Waals surface area contributed by atoms with Crippen LogP contribution in [0.4, 0.5) is 0 Å². The zero-order chi connectivity index (χ0) is 54.0. The standard InChI is InChI=1S/C66H84O8S/c1-41-27-57-55(58-18-17-42(2)75-58)40-56(41)71-23-19-69-21-25-73-61-47-28-43-32-51(63(3,4)5)34-45(59(43)67-15)30-49-38-54(66(12,13)14)39-50(62(49)74-26-22-70-20-24-72-57)31-46-35-52(64(6,7)8)33-44(60(46)68-16)29-48(61)37-53(36-47)65(9,10)11/h17-18,27,32-40H,19-26,28-31H2,1-16H3. The zero-order valence-electron chi connectivity index (χ0n) is 48.1. The summed E-state index contributed by atoms with van der Waals surface area (Å²) in [7, 11) is 3.63. The van der Waals surface area contributed by atoms with Crippen molar-refractivity contribution in [3.8, 4) is 44.9 Å². The van der Waals surface area contributed by atoms with Gasteiger partial charge in [0.05, 0.1) is 40.6 Å². The predicted molar refractivity (Wildman–Crippen MR) is 308 cm³/mol. The van der Waals surface area contributed by atoms with Gasteiger partial charge in [0.1, 0.15) is 60.9 Å². The van der Waals surface area contributed by atoms with Crippen LogP contribution < -0.4 is 28.4 Å². The van der Waals surface area contributed by atoms with Crippen LogP contribution in [0.2, 0.25) is 0 Å². The van der Waals surface area contributed by atoms with Crippen LogP contribution in [-0.2, 0) is 56.8 Å². The van der Waals surface area contributed by atoms with E-state index < -0.39 is 0 Å². The van der Waals surface area contributed by atoms with Gasteiger partial charge in [-0.3, -0.25) is 0 Å². The summed E-state index contributed by atoms with van der Waals surface area (Å²) in [6, 6.07) is 27.3. The summed E-state index contributed by atoms with van der Waals surface area (Å²) < 4.78 is 53.0. The third-order valence-electron chi connectivity index (χ3n) is 14.6. The molecule has 1 aliphatic carbocycles. The average Bonchev–Trinajstić information content (AvgIpc) is 3.76. The van der Waals surface area contributed by atoms with Gasteiger partial charge in [0, 0.05) is 41.0 Å². The van der Waals surface area contributed by atoms with E-state index in [1.165, 1.54) is 27.1 Å². The van der Waals surface area contributed by atoms with Gasteiger partial charge in [0.15, 0.2) is 0 Å². The molecule has 0 spiro atoms. The third-order valence-corrected chi connectivity index (χ3v) is 15.6. The van der Waals surface area contributed by atoms with E-state index in [0.717, 1.165) is 95.0 Å². The Kier molecular flexibility index (Phi) is 16.8. The molecule has 11 rings (SSSR count). The second kappa shape index (κ2) is 22.6. The van der Waals surface area contributed by atoms with Crippen molar-refractivity contribution >= 4 is 11.3 Å². The van der Waals surface area contributed by atoms with E-state index in [0.29, 0.717) is 78.5 Å². The van der Waals surface area contributed by atoms with Gasteiger partial charge in [-0.05, 0) is 132 Å². The van der Waals surface area contributed by atoms with E-state index in [1.807, 2.05) is 14.2 Å². The Bertz CT molecular complexity index is 2870. The molecule has 0 fully saturated rings. The maximum atomic E-state index is 7.11. The number of thiophene rings is 1. The van der Waals surface area contributed by atoms with Crippen molar-refractivity contribution in [3.63, 3.8) is 0 Å². The van der Waals surface area contributed by atoms with Crippen molar-refractivity contribution in [2.24, 2.45) is 0 Å². The highest BCUT2D eigenvalue weighted by atomic mass is 32.1. The largest absolute Gasteiger partial charge is 0.496 e. The smallest absolute Gasteiger partial charge is 0.128 e. The zero-order valence-corrected chi connectivity index (χ0v) is 48.9. The monoisotopic (exact) mass is 1040 g/mol. The first-order valence-corrected chi connectivity index (χ1v) is 27.8. The van der Waals surface area contributed by atoms with Crippen LogP contribution in [-0.4, -0.2) is 67.1 Å². The topological polar surface area (TPSA) is 73.8 Å². The molecule has 0 saturated carbocycles. The van der Waals surface area contributed by atoms with E-state index in [-0.39, 0.29) is 21.7 Å². The summed E-state index contributed by atoms with van der Waals surface area (Å²) in [5.74, 6) is 5.10. The Morgan fingerprint density at radius 2 is 0.720 bits per heavy atom. The van der Waals surface area contributed by atoms with Gasteiger partial charge >= 0.3 is 0 Å². The van der Waals surface area contributed by atoms with Gasteiger partial charge < -0.3 is 37.9 Å². The fourth-order valence-electron chi connectivity index (χ4n) is 10.3. The Labute approximate surface area is 453 Å². The molecule has 5 aliphatic rings. The van der Waals surface area contributed by atoms with E-state index in [1.54, 1.807) is 11.3 Å². The van der Waals surface area contributed by atoms with Gasteiger partial charge in [0.25, 0.3) is 0 Å². The Balaban J connectivity index is 1.35. The van der Waals surface area contributed by atoms with Crippen LogP contribution in [0, 0.1) is 13.8 Å². The molecule has 0 radical (unpaired) electrons. The highest BCUT2D eigenvalue weighted by Gasteiger charge is 2.29. The van der Waals surface area contributed by atoms with Crippen LogP contribution in [0.3, 0.4) is 0 Å². The minimum atomic E-state index is -0.155. The summed E-state index contributed by atoms with van der Waals surface area (Å²) in [6.45, 7) is 34.7. The van der Waals surface area contributed by atoms with E-state index in [9.17, 15) is 0 Å². The lowest BCUT2D eigenvalue weighted by Gasteiger charge is -2.29. The lowest BCUT2D eigenvalue weighted by molar-refractivity contribution is 0.0751.